The standard InChI is InChI=1S/C25H28Cl2N2O4/c1-5-28(6-2)11-12-29-22(16-7-9-18(26)19(27)14-16)21(24(31)25(29)32)23(30)17-8-10-20(33-4)15(3)13-17/h7-10,13-14,22,30H,5-6,11-12H2,1-4H3/b23-21-. The Hall–Kier alpha value is -2.54. The summed E-state index contributed by atoms with van der Waals surface area (Å²) in [5.74, 6) is -0.950. The Bertz CT molecular complexity index is 1100. The molecule has 8 heteroatoms. The van der Waals surface area contributed by atoms with Crippen molar-refractivity contribution in [3.63, 3.8) is 0 Å². The highest BCUT2D eigenvalue weighted by Gasteiger charge is 2.46. The lowest BCUT2D eigenvalue weighted by Crippen LogP contribution is -2.38. The van der Waals surface area contributed by atoms with Crippen LogP contribution in [0.3, 0.4) is 0 Å². The number of carbonyl (C=O) groups is 2. The van der Waals surface area contributed by atoms with Crippen molar-refractivity contribution in [1.82, 2.24) is 9.80 Å². The van der Waals surface area contributed by atoms with E-state index in [2.05, 4.69) is 4.90 Å². The molecule has 0 aromatic heterocycles. The summed E-state index contributed by atoms with van der Waals surface area (Å²) >= 11 is 12.4. The maximum absolute atomic E-state index is 13.2. The van der Waals surface area contributed by atoms with Gasteiger partial charge in [-0.05, 0) is 61.5 Å². The van der Waals surface area contributed by atoms with Crippen LogP contribution in [0.4, 0.5) is 0 Å². The van der Waals surface area contributed by atoms with Crippen molar-refractivity contribution in [2.75, 3.05) is 33.3 Å². The van der Waals surface area contributed by atoms with Gasteiger partial charge in [0.25, 0.3) is 11.7 Å². The van der Waals surface area contributed by atoms with Gasteiger partial charge in [0.05, 0.1) is 28.8 Å². The van der Waals surface area contributed by atoms with Crippen LogP contribution >= 0.6 is 23.2 Å². The van der Waals surface area contributed by atoms with Crippen LogP contribution in [-0.4, -0.2) is 59.9 Å². The lowest BCUT2D eigenvalue weighted by atomic mass is 9.94. The third-order valence-corrected chi connectivity index (χ3v) is 6.76. The first-order valence-corrected chi connectivity index (χ1v) is 11.6. The van der Waals surface area contributed by atoms with Crippen LogP contribution in [-0.2, 0) is 9.59 Å². The van der Waals surface area contributed by atoms with Gasteiger partial charge in [-0.1, -0.05) is 43.1 Å². The molecule has 1 aliphatic rings. The van der Waals surface area contributed by atoms with Gasteiger partial charge in [0.2, 0.25) is 0 Å². The average Bonchev–Trinajstić information content (AvgIpc) is 3.06. The summed E-state index contributed by atoms with van der Waals surface area (Å²) in [6.45, 7) is 8.50. The number of ketones is 1. The van der Waals surface area contributed by atoms with Crippen molar-refractivity contribution in [2.24, 2.45) is 0 Å². The maximum atomic E-state index is 13.2. The fourth-order valence-electron chi connectivity index (χ4n) is 4.11. The fraction of sp³-hybridized carbons (Fsp3) is 0.360. The largest absolute Gasteiger partial charge is 0.507 e. The highest BCUT2D eigenvalue weighted by atomic mass is 35.5. The molecule has 3 rings (SSSR count). The molecule has 2 aromatic carbocycles. The molecule has 1 fully saturated rings. The van der Waals surface area contributed by atoms with E-state index in [9.17, 15) is 14.7 Å². The predicted molar refractivity (Wildman–Crippen MR) is 131 cm³/mol. The minimum absolute atomic E-state index is 0.0301. The zero-order chi connectivity index (χ0) is 24.3. The number of likely N-dealkylation sites (N-methyl/N-ethyl adjacent to an activating group) is 1. The number of methoxy groups -OCH3 is 1. The monoisotopic (exact) mass is 490 g/mol. The molecule has 0 aliphatic carbocycles. The molecule has 2 aromatic rings. The van der Waals surface area contributed by atoms with Crippen LogP contribution in [0.25, 0.3) is 5.76 Å². The minimum Gasteiger partial charge on any atom is -0.507 e. The van der Waals surface area contributed by atoms with Gasteiger partial charge in [-0.15, -0.1) is 0 Å². The topological polar surface area (TPSA) is 70.1 Å². The van der Waals surface area contributed by atoms with Gasteiger partial charge < -0.3 is 19.6 Å². The summed E-state index contributed by atoms with van der Waals surface area (Å²) in [6.07, 6.45) is 0. The minimum atomic E-state index is -0.780. The molecule has 6 nitrogen and oxygen atoms in total. The molecule has 1 unspecified atom stereocenters. The summed E-state index contributed by atoms with van der Waals surface area (Å²) in [7, 11) is 1.56. The molecule has 0 bridgehead atoms. The Kier molecular flexibility index (Phi) is 8.05. The number of hydrogen-bond acceptors (Lipinski definition) is 5. The molecule has 1 amide bonds. The SMILES string of the molecule is CCN(CC)CCN1C(=O)C(=O)/C(=C(\O)c2ccc(OC)c(C)c2)C1c1ccc(Cl)c(Cl)c1. The number of ether oxygens (including phenoxy) is 1. The van der Waals surface area contributed by atoms with Crippen LogP contribution in [0.2, 0.25) is 10.0 Å². The second-order valence-electron chi connectivity index (χ2n) is 7.88. The van der Waals surface area contributed by atoms with Crippen molar-refractivity contribution in [2.45, 2.75) is 26.8 Å². The maximum Gasteiger partial charge on any atom is 0.295 e. The molecule has 33 heavy (non-hydrogen) atoms. The average molecular weight is 491 g/mol. The molecule has 1 aliphatic heterocycles. The van der Waals surface area contributed by atoms with Gasteiger partial charge in [-0.25, -0.2) is 0 Å². The van der Waals surface area contributed by atoms with Crippen molar-refractivity contribution in [3.05, 3.63) is 68.7 Å². The highest BCUT2D eigenvalue weighted by molar-refractivity contribution is 6.46. The number of hydrogen-bond donors (Lipinski definition) is 1. The number of aliphatic hydroxyl groups is 1. The first-order chi connectivity index (χ1) is 15.7. The number of rotatable bonds is 8. The second kappa shape index (κ2) is 10.6. The molecule has 1 saturated heterocycles. The second-order valence-corrected chi connectivity index (χ2v) is 8.69. The van der Waals surface area contributed by atoms with Crippen LogP contribution in [0.5, 0.6) is 5.75 Å². The van der Waals surface area contributed by atoms with E-state index in [0.29, 0.717) is 40.0 Å². The third-order valence-electron chi connectivity index (χ3n) is 6.02. The number of nitrogens with zero attached hydrogens (tertiary/aromatic N) is 2. The Balaban J connectivity index is 2.14. The Morgan fingerprint density at radius 3 is 2.36 bits per heavy atom. The van der Waals surface area contributed by atoms with Gasteiger partial charge in [-0.3, -0.25) is 9.59 Å². The first kappa shape index (κ1) is 25.1. The summed E-state index contributed by atoms with van der Waals surface area (Å²) in [5.41, 5.74) is 1.86. The quantitative estimate of drug-likeness (QED) is 0.317. The van der Waals surface area contributed by atoms with Crippen LogP contribution in [0.1, 0.15) is 36.6 Å². The number of likely N-dealkylation sites (tertiary alicyclic amines) is 1. The van der Waals surface area contributed by atoms with Crippen molar-refractivity contribution in [3.8, 4) is 5.75 Å². The zero-order valence-electron chi connectivity index (χ0n) is 19.2. The molecular formula is C25H28Cl2N2O4. The van der Waals surface area contributed by atoms with E-state index in [4.69, 9.17) is 27.9 Å². The van der Waals surface area contributed by atoms with E-state index in [-0.39, 0.29) is 11.3 Å². The molecule has 0 saturated carbocycles. The lowest BCUT2D eigenvalue weighted by molar-refractivity contribution is -0.140. The van der Waals surface area contributed by atoms with E-state index in [0.717, 1.165) is 18.7 Å². The van der Waals surface area contributed by atoms with E-state index in [1.807, 2.05) is 20.8 Å². The number of benzene rings is 2. The normalized spacial score (nSPS) is 17.8. The molecule has 0 radical (unpaired) electrons. The summed E-state index contributed by atoms with van der Waals surface area (Å²) in [5, 5.41) is 11.9. The number of carbonyl (C=O) groups excluding carboxylic acids is 2. The fourth-order valence-corrected chi connectivity index (χ4v) is 4.42. The Labute approximate surface area is 204 Å². The smallest absolute Gasteiger partial charge is 0.295 e. The van der Waals surface area contributed by atoms with Crippen LogP contribution in [0, 0.1) is 6.92 Å². The predicted octanol–water partition coefficient (Wildman–Crippen LogP) is 5.07. The van der Waals surface area contributed by atoms with Crippen molar-refractivity contribution in [1.29, 1.82) is 0 Å². The van der Waals surface area contributed by atoms with Crippen LogP contribution < -0.4 is 4.74 Å². The molecule has 176 valence electrons. The van der Waals surface area contributed by atoms with Crippen molar-refractivity contribution < 1.29 is 19.4 Å². The third kappa shape index (κ3) is 5.03. The summed E-state index contributed by atoms with van der Waals surface area (Å²) < 4.78 is 5.29. The van der Waals surface area contributed by atoms with Gasteiger partial charge in [0.1, 0.15) is 11.5 Å². The number of aliphatic hydroxyl groups excluding tert-OH is 1. The molecular weight excluding hydrogens is 463 g/mol. The molecule has 1 atom stereocenters. The van der Waals surface area contributed by atoms with E-state index in [1.54, 1.807) is 43.5 Å². The van der Waals surface area contributed by atoms with Crippen molar-refractivity contribution >= 4 is 40.7 Å². The summed E-state index contributed by atoms with van der Waals surface area (Å²) in [4.78, 5) is 29.9. The number of Topliss-reactive ketones (excluding diaryl/α,β-unsaturated/α-hetero) is 1. The van der Waals surface area contributed by atoms with E-state index >= 15 is 0 Å². The first-order valence-electron chi connectivity index (χ1n) is 10.8. The Morgan fingerprint density at radius 1 is 1.09 bits per heavy atom. The number of aryl methyl sites for hydroxylation is 1. The van der Waals surface area contributed by atoms with E-state index < -0.39 is 17.7 Å². The number of amides is 1. The van der Waals surface area contributed by atoms with Gasteiger partial charge in [-0.2, -0.15) is 0 Å². The van der Waals surface area contributed by atoms with E-state index in [1.165, 1.54) is 4.90 Å². The van der Waals surface area contributed by atoms with Gasteiger partial charge in [0, 0.05) is 18.7 Å². The summed E-state index contributed by atoms with van der Waals surface area (Å²) in [6, 6.07) is 9.31. The highest BCUT2D eigenvalue weighted by Crippen LogP contribution is 2.41. The van der Waals surface area contributed by atoms with Gasteiger partial charge >= 0.3 is 0 Å². The molecule has 1 N–H and O–H groups in total. The van der Waals surface area contributed by atoms with Crippen LogP contribution in [0.15, 0.2) is 42.0 Å². The number of halogens is 2. The van der Waals surface area contributed by atoms with Gasteiger partial charge in [0.15, 0.2) is 0 Å². The molecule has 1 heterocycles. The zero-order valence-corrected chi connectivity index (χ0v) is 20.7. The Morgan fingerprint density at radius 2 is 1.79 bits per heavy atom. The lowest BCUT2D eigenvalue weighted by Gasteiger charge is -2.28. The molecule has 0 spiro atoms.